The minimum absolute atomic E-state index is 0.335. The summed E-state index contributed by atoms with van der Waals surface area (Å²) in [6.45, 7) is 1.12. The SMILES string of the molecule is OCCCCCCCCCCOc1ccc(Cl)cc1. The molecule has 1 aromatic carbocycles. The van der Waals surface area contributed by atoms with Crippen LogP contribution in [0.1, 0.15) is 51.4 Å². The van der Waals surface area contributed by atoms with Crippen molar-refractivity contribution >= 4 is 11.6 Å². The first-order chi connectivity index (χ1) is 9.33. The average Bonchev–Trinajstić information content (AvgIpc) is 2.43. The van der Waals surface area contributed by atoms with E-state index in [9.17, 15) is 0 Å². The molecule has 1 rings (SSSR count). The summed E-state index contributed by atoms with van der Waals surface area (Å²) in [4.78, 5) is 0. The van der Waals surface area contributed by atoms with Crippen molar-refractivity contribution in [2.75, 3.05) is 13.2 Å². The van der Waals surface area contributed by atoms with Gasteiger partial charge in [-0.05, 0) is 37.1 Å². The molecule has 0 bridgehead atoms. The van der Waals surface area contributed by atoms with Crippen LogP contribution in [-0.2, 0) is 0 Å². The Bertz CT molecular complexity index is 311. The van der Waals surface area contributed by atoms with Crippen LogP contribution in [0.2, 0.25) is 5.02 Å². The van der Waals surface area contributed by atoms with Crippen LogP contribution in [-0.4, -0.2) is 18.3 Å². The second-order valence-electron chi connectivity index (χ2n) is 4.85. The number of rotatable bonds is 11. The molecular formula is C16H25ClO2. The van der Waals surface area contributed by atoms with Gasteiger partial charge in [0.25, 0.3) is 0 Å². The summed E-state index contributed by atoms with van der Waals surface area (Å²) in [5.41, 5.74) is 0. The summed E-state index contributed by atoms with van der Waals surface area (Å²) in [5, 5.41) is 9.40. The van der Waals surface area contributed by atoms with Crippen molar-refractivity contribution in [3.05, 3.63) is 29.3 Å². The Morgan fingerprint density at radius 1 is 0.789 bits per heavy atom. The fraction of sp³-hybridized carbons (Fsp3) is 0.625. The van der Waals surface area contributed by atoms with E-state index in [2.05, 4.69) is 0 Å². The van der Waals surface area contributed by atoms with Crippen molar-refractivity contribution in [1.29, 1.82) is 0 Å². The molecule has 3 heteroatoms. The zero-order valence-electron chi connectivity index (χ0n) is 11.6. The summed E-state index contributed by atoms with van der Waals surface area (Å²) in [6.07, 6.45) is 9.58. The zero-order valence-corrected chi connectivity index (χ0v) is 12.4. The quantitative estimate of drug-likeness (QED) is 0.590. The Hall–Kier alpha value is -0.730. The lowest BCUT2D eigenvalue weighted by Gasteiger charge is -2.06. The van der Waals surface area contributed by atoms with E-state index in [0.29, 0.717) is 6.61 Å². The lowest BCUT2D eigenvalue weighted by atomic mass is 10.1. The van der Waals surface area contributed by atoms with Crippen LogP contribution in [0.4, 0.5) is 0 Å². The number of hydrogen-bond donors (Lipinski definition) is 1. The van der Waals surface area contributed by atoms with Gasteiger partial charge in [0.1, 0.15) is 5.75 Å². The molecule has 0 saturated carbocycles. The molecule has 0 heterocycles. The Labute approximate surface area is 121 Å². The molecule has 0 radical (unpaired) electrons. The molecule has 108 valence electrons. The van der Waals surface area contributed by atoms with Gasteiger partial charge in [-0.3, -0.25) is 0 Å². The molecule has 0 aliphatic rings. The highest BCUT2D eigenvalue weighted by Gasteiger charge is 1.95. The van der Waals surface area contributed by atoms with E-state index in [1.807, 2.05) is 24.3 Å². The zero-order chi connectivity index (χ0) is 13.8. The standard InChI is InChI=1S/C16H25ClO2/c17-15-9-11-16(12-10-15)19-14-8-6-4-2-1-3-5-7-13-18/h9-12,18H,1-8,13-14H2. The van der Waals surface area contributed by atoms with Crippen LogP contribution in [0.5, 0.6) is 5.75 Å². The van der Waals surface area contributed by atoms with Gasteiger partial charge < -0.3 is 9.84 Å². The predicted octanol–water partition coefficient (Wildman–Crippen LogP) is 4.83. The molecule has 0 fully saturated rings. The van der Waals surface area contributed by atoms with Crippen LogP contribution in [0.25, 0.3) is 0 Å². The summed E-state index contributed by atoms with van der Waals surface area (Å²) in [7, 11) is 0. The number of halogens is 1. The molecule has 0 aromatic heterocycles. The Morgan fingerprint density at radius 3 is 1.89 bits per heavy atom. The van der Waals surface area contributed by atoms with E-state index in [4.69, 9.17) is 21.4 Å². The van der Waals surface area contributed by atoms with Gasteiger partial charge >= 0.3 is 0 Å². The van der Waals surface area contributed by atoms with Gasteiger partial charge in [0.2, 0.25) is 0 Å². The first-order valence-corrected chi connectivity index (χ1v) is 7.70. The van der Waals surface area contributed by atoms with E-state index < -0.39 is 0 Å². The van der Waals surface area contributed by atoms with E-state index in [1.165, 1.54) is 32.1 Å². The largest absolute Gasteiger partial charge is 0.494 e. The third-order valence-electron chi connectivity index (χ3n) is 3.13. The molecule has 1 aromatic rings. The first-order valence-electron chi connectivity index (χ1n) is 7.32. The monoisotopic (exact) mass is 284 g/mol. The second-order valence-corrected chi connectivity index (χ2v) is 5.29. The normalized spacial score (nSPS) is 10.6. The number of aliphatic hydroxyl groups excluding tert-OH is 1. The van der Waals surface area contributed by atoms with E-state index >= 15 is 0 Å². The molecule has 1 N–H and O–H groups in total. The third kappa shape index (κ3) is 8.90. The highest BCUT2D eigenvalue weighted by atomic mass is 35.5. The molecule has 19 heavy (non-hydrogen) atoms. The van der Waals surface area contributed by atoms with E-state index in [1.54, 1.807) is 0 Å². The number of unbranched alkanes of at least 4 members (excludes halogenated alkanes) is 7. The van der Waals surface area contributed by atoms with Crippen molar-refractivity contribution in [2.24, 2.45) is 0 Å². The summed E-state index contributed by atoms with van der Waals surface area (Å²) >= 11 is 5.81. The molecule has 0 amide bonds. The van der Waals surface area contributed by atoms with Gasteiger partial charge in [-0.15, -0.1) is 0 Å². The van der Waals surface area contributed by atoms with Gasteiger partial charge in [0.15, 0.2) is 0 Å². The maximum absolute atomic E-state index is 8.65. The minimum Gasteiger partial charge on any atom is -0.494 e. The van der Waals surface area contributed by atoms with Crippen LogP contribution in [0, 0.1) is 0 Å². The molecule has 2 nitrogen and oxygen atoms in total. The Balaban J connectivity index is 1.87. The number of hydrogen-bond acceptors (Lipinski definition) is 2. The number of aliphatic hydroxyl groups is 1. The van der Waals surface area contributed by atoms with Crippen molar-refractivity contribution in [3.8, 4) is 5.75 Å². The third-order valence-corrected chi connectivity index (χ3v) is 3.39. The number of benzene rings is 1. The topological polar surface area (TPSA) is 29.5 Å². The maximum Gasteiger partial charge on any atom is 0.119 e. The van der Waals surface area contributed by atoms with Crippen LogP contribution in [0.3, 0.4) is 0 Å². The van der Waals surface area contributed by atoms with Crippen molar-refractivity contribution in [1.82, 2.24) is 0 Å². The molecule has 0 unspecified atom stereocenters. The Kier molecular flexibility index (Phi) is 9.56. The molecule has 0 atom stereocenters. The highest BCUT2D eigenvalue weighted by Crippen LogP contribution is 2.16. The summed E-state index contributed by atoms with van der Waals surface area (Å²) in [5.74, 6) is 0.897. The van der Waals surface area contributed by atoms with E-state index in [-0.39, 0.29) is 0 Å². The van der Waals surface area contributed by atoms with Crippen molar-refractivity contribution < 1.29 is 9.84 Å². The van der Waals surface area contributed by atoms with Crippen LogP contribution >= 0.6 is 11.6 Å². The van der Waals surface area contributed by atoms with Crippen molar-refractivity contribution in [2.45, 2.75) is 51.4 Å². The lowest BCUT2D eigenvalue weighted by Crippen LogP contribution is -1.97. The molecular weight excluding hydrogens is 260 g/mol. The average molecular weight is 285 g/mol. The molecule has 0 aliphatic carbocycles. The predicted molar refractivity (Wildman–Crippen MR) is 81.0 cm³/mol. The van der Waals surface area contributed by atoms with Gasteiger partial charge in [0.05, 0.1) is 6.61 Å². The van der Waals surface area contributed by atoms with Crippen LogP contribution in [0.15, 0.2) is 24.3 Å². The molecule has 0 saturated heterocycles. The highest BCUT2D eigenvalue weighted by molar-refractivity contribution is 6.30. The second kappa shape index (κ2) is 11.1. The molecule has 0 aliphatic heterocycles. The summed E-state index contributed by atoms with van der Waals surface area (Å²) in [6, 6.07) is 7.51. The maximum atomic E-state index is 8.65. The van der Waals surface area contributed by atoms with Gasteiger partial charge in [-0.1, -0.05) is 50.1 Å². The van der Waals surface area contributed by atoms with Gasteiger partial charge in [-0.2, -0.15) is 0 Å². The van der Waals surface area contributed by atoms with Gasteiger partial charge in [0, 0.05) is 11.6 Å². The fourth-order valence-electron chi connectivity index (χ4n) is 2.00. The number of ether oxygens (including phenoxy) is 1. The summed E-state index contributed by atoms with van der Waals surface area (Å²) < 4.78 is 5.63. The minimum atomic E-state index is 0.335. The first kappa shape index (κ1) is 16.3. The van der Waals surface area contributed by atoms with Crippen LogP contribution < -0.4 is 4.74 Å². The van der Waals surface area contributed by atoms with Gasteiger partial charge in [-0.25, -0.2) is 0 Å². The smallest absolute Gasteiger partial charge is 0.119 e. The van der Waals surface area contributed by atoms with Crippen molar-refractivity contribution in [3.63, 3.8) is 0 Å². The Morgan fingerprint density at radius 2 is 1.32 bits per heavy atom. The fourth-order valence-corrected chi connectivity index (χ4v) is 2.12. The lowest BCUT2D eigenvalue weighted by molar-refractivity contribution is 0.282. The van der Waals surface area contributed by atoms with E-state index in [0.717, 1.165) is 36.6 Å². The molecule has 0 spiro atoms.